The Labute approximate surface area is 156 Å². The van der Waals surface area contributed by atoms with Gasteiger partial charge in [-0.1, -0.05) is 50.5 Å². The van der Waals surface area contributed by atoms with E-state index in [1.165, 1.54) is 0 Å². The maximum atomic E-state index is 10.4. The summed E-state index contributed by atoms with van der Waals surface area (Å²) < 4.78 is 5.71. The Bertz CT molecular complexity index is 448. The minimum atomic E-state index is -0.804. The van der Waals surface area contributed by atoms with Gasteiger partial charge < -0.3 is 25.2 Å². The smallest absolute Gasteiger partial charge is 0.303 e. The molecule has 5 atom stereocenters. The number of aliphatic carboxylic acids is 1. The lowest BCUT2D eigenvalue weighted by molar-refractivity contribution is -0.137. The molecule has 1 fully saturated rings. The van der Waals surface area contributed by atoms with Crippen molar-refractivity contribution in [2.24, 2.45) is 0 Å². The van der Waals surface area contributed by atoms with Gasteiger partial charge in [-0.2, -0.15) is 0 Å². The lowest BCUT2D eigenvalue weighted by Gasteiger charge is -2.16. The zero-order valence-electron chi connectivity index (χ0n) is 15.7. The van der Waals surface area contributed by atoms with E-state index in [-0.39, 0.29) is 6.42 Å². The average molecular weight is 370 g/mol. The third-order valence-corrected chi connectivity index (χ3v) is 4.55. The van der Waals surface area contributed by atoms with E-state index in [1.807, 2.05) is 12.2 Å². The van der Waals surface area contributed by atoms with Crippen molar-refractivity contribution in [1.82, 2.24) is 0 Å². The third kappa shape index (κ3) is 9.48. The summed E-state index contributed by atoms with van der Waals surface area (Å²) in [7, 11) is 0. The number of allylic oxidation sites excluding steroid dienone is 1. The van der Waals surface area contributed by atoms with Crippen LogP contribution in [0.3, 0.4) is 0 Å². The van der Waals surface area contributed by atoms with Crippen LogP contribution in [0.5, 0.6) is 0 Å². The molecule has 1 saturated heterocycles. The number of rotatable bonds is 13. The van der Waals surface area contributed by atoms with Crippen LogP contribution in [0.25, 0.3) is 0 Å². The first kappa shape index (κ1) is 22.8. The number of carboxylic acids is 1. The van der Waals surface area contributed by atoms with E-state index in [0.717, 1.165) is 19.3 Å². The van der Waals surface area contributed by atoms with Crippen molar-refractivity contribution in [2.45, 2.75) is 95.2 Å². The van der Waals surface area contributed by atoms with Crippen LogP contribution in [0.1, 0.15) is 64.7 Å². The van der Waals surface area contributed by atoms with Gasteiger partial charge >= 0.3 is 5.97 Å². The monoisotopic (exact) mass is 370 g/mol. The molecule has 0 aromatic rings. The highest BCUT2D eigenvalue weighted by atomic mass is 16.5. The first-order valence-corrected chi connectivity index (χ1v) is 9.68. The Morgan fingerprint density at radius 1 is 1.23 bits per heavy atom. The minimum Gasteiger partial charge on any atom is -0.481 e. The molecule has 150 valence electrons. The fraction of sp³-hybridized carbons (Fsp3) is 0.750. The van der Waals surface area contributed by atoms with Crippen molar-refractivity contribution in [3.05, 3.63) is 24.3 Å². The molecule has 0 spiro atoms. The fourth-order valence-electron chi connectivity index (χ4n) is 2.96. The molecule has 0 unspecified atom stereocenters. The minimum absolute atomic E-state index is 0.142. The van der Waals surface area contributed by atoms with Gasteiger partial charge in [0, 0.05) is 12.8 Å². The molecular formula is C20H34O6. The first-order valence-electron chi connectivity index (χ1n) is 9.68. The van der Waals surface area contributed by atoms with Crippen LogP contribution < -0.4 is 0 Å². The molecule has 0 amide bonds. The van der Waals surface area contributed by atoms with E-state index < -0.39 is 36.5 Å². The Morgan fingerprint density at radius 3 is 2.69 bits per heavy atom. The van der Waals surface area contributed by atoms with Gasteiger partial charge in [-0.3, -0.25) is 4.79 Å². The average Bonchev–Trinajstić information content (AvgIpc) is 2.97. The summed E-state index contributed by atoms with van der Waals surface area (Å²) in [6, 6.07) is 0. The summed E-state index contributed by atoms with van der Waals surface area (Å²) >= 11 is 0. The zero-order valence-corrected chi connectivity index (χ0v) is 15.7. The standard InChI is InChI=1S/C20H34O6/c1-2-3-6-9-15(21)12-13-18-17(23)14-19(26-18)16(22)10-7-4-5-8-11-20(24)25/h4,7,12-13,15-19,21-23H,2-3,5-6,8-11,14H2,1H3,(H,24,25)/b7-4-,13-12+/t15-,16-,17-,18-,19-/m0/s1. The molecule has 0 saturated carbocycles. The van der Waals surface area contributed by atoms with Crippen molar-refractivity contribution in [1.29, 1.82) is 0 Å². The number of carbonyl (C=O) groups is 1. The maximum absolute atomic E-state index is 10.4. The predicted molar refractivity (Wildman–Crippen MR) is 99.8 cm³/mol. The highest BCUT2D eigenvalue weighted by Crippen LogP contribution is 2.25. The molecule has 6 heteroatoms. The molecule has 1 aliphatic heterocycles. The van der Waals surface area contributed by atoms with E-state index in [9.17, 15) is 20.1 Å². The van der Waals surface area contributed by atoms with Gasteiger partial charge in [-0.05, 0) is 25.7 Å². The summed E-state index contributed by atoms with van der Waals surface area (Å²) in [6.07, 6.45) is 10.2. The summed E-state index contributed by atoms with van der Waals surface area (Å²) in [5.41, 5.74) is 0. The molecule has 0 bridgehead atoms. The van der Waals surface area contributed by atoms with Crippen LogP contribution in [-0.4, -0.2) is 56.9 Å². The van der Waals surface area contributed by atoms with Gasteiger partial charge in [-0.25, -0.2) is 0 Å². The summed E-state index contributed by atoms with van der Waals surface area (Å²) in [5, 5.41) is 38.7. The van der Waals surface area contributed by atoms with Crippen LogP contribution in [0.15, 0.2) is 24.3 Å². The molecule has 1 heterocycles. The van der Waals surface area contributed by atoms with E-state index in [0.29, 0.717) is 32.1 Å². The first-order chi connectivity index (χ1) is 12.4. The van der Waals surface area contributed by atoms with Crippen LogP contribution >= 0.6 is 0 Å². The van der Waals surface area contributed by atoms with Crippen molar-refractivity contribution < 1.29 is 30.0 Å². The second kappa shape index (κ2) is 13.0. The summed E-state index contributed by atoms with van der Waals surface area (Å²) in [4.78, 5) is 10.4. The van der Waals surface area contributed by atoms with E-state index >= 15 is 0 Å². The lowest BCUT2D eigenvalue weighted by atomic mass is 10.0. The van der Waals surface area contributed by atoms with Crippen LogP contribution in [0.4, 0.5) is 0 Å². The fourth-order valence-corrected chi connectivity index (χ4v) is 2.96. The van der Waals surface area contributed by atoms with Gasteiger partial charge in [-0.15, -0.1) is 0 Å². The number of hydrogen-bond acceptors (Lipinski definition) is 5. The molecule has 4 N–H and O–H groups in total. The summed E-state index contributed by atoms with van der Waals surface area (Å²) in [6.45, 7) is 2.11. The molecule has 26 heavy (non-hydrogen) atoms. The topological polar surface area (TPSA) is 107 Å². The van der Waals surface area contributed by atoms with E-state index in [1.54, 1.807) is 12.2 Å². The number of aliphatic hydroxyl groups is 3. The highest BCUT2D eigenvalue weighted by molar-refractivity contribution is 5.66. The number of carboxylic acid groups (broad SMARTS) is 1. The lowest BCUT2D eigenvalue weighted by Crippen LogP contribution is -2.25. The van der Waals surface area contributed by atoms with Crippen molar-refractivity contribution in [3.8, 4) is 0 Å². The largest absolute Gasteiger partial charge is 0.481 e. The van der Waals surface area contributed by atoms with Crippen molar-refractivity contribution in [2.75, 3.05) is 0 Å². The highest BCUT2D eigenvalue weighted by Gasteiger charge is 2.35. The van der Waals surface area contributed by atoms with Crippen molar-refractivity contribution >= 4 is 5.97 Å². The number of aliphatic hydroxyl groups excluding tert-OH is 3. The SMILES string of the molecule is CCCCC[C@H](O)/C=C/[C@@H]1O[C@H]([C@@H](O)C/C=C\CCCC(=O)O)C[C@@H]1O. The molecule has 0 aromatic heterocycles. The summed E-state index contributed by atoms with van der Waals surface area (Å²) in [5.74, 6) is -0.804. The van der Waals surface area contributed by atoms with Gasteiger partial charge in [0.15, 0.2) is 0 Å². The number of ether oxygens (including phenoxy) is 1. The Morgan fingerprint density at radius 2 is 2.00 bits per heavy atom. The second-order valence-corrected chi connectivity index (χ2v) is 6.95. The predicted octanol–water partition coefficient (Wildman–Crippen LogP) is 2.56. The maximum Gasteiger partial charge on any atom is 0.303 e. The van der Waals surface area contributed by atoms with Crippen LogP contribution in [0, 0.1) is 0 Å². The van der Waals surface area contributed by atoms with Gasteiger partial charge in [0.25, 0.3) is 0 Å². The zero-order chi connectivity index (χ0) is 19.4. The molecule has 0 aliphatic carbocycles. The molecule has 6 nitrogen and oxygen atoms in total. The Kier molecular flexibility index (Phi) is 11.4. The van der Waals surface area contributed by atoms with E-state index in [4.69, 9.17) is 9.84 Å². The van der Waals surface area contributed by atoms with E-state index in [2.05, 4.69) is 6.92 Å². The van der Waals surface area contributed by atoms with Crippen LogP contribution in [0.2, 0.25) is 0 Å². The molecule has 1 rings (SSSR count). The molecule has 0 aromatic carbocycles. The van der Waals surface area contributed by atoms with Crippen LogP contribution in [-0.2, 0) is 9.53 Å². The van der Waals surface area contributed by atoms with Gasteiger partial charge in [0.05, 0.1) is 24.4 Å². The van der Waals surface area contributed by atoms with Gasteiger partial charge in [0.1, 0.15) is 6.10 Å². The number of hydrogen-bond donors (Lipinski definition) is 4. The number of unbranched alkanes of at least 4 members (excludes halogenated alkanes) is 3. The molecule has 0 radical (unpaired) electrons. The normalized spacial score (nSPS) is 25.9. The van der Waals surface area contributed by atoms with Crippen molar-refractivity contribution in [3.63, 3.8) is 0 Å². The molecule has 1 aliphatic rings. The third-order valence-electron chi connectivity index (χ3n) is 4.55. The second-order valence-electron chi connectivity index (χ2n) is 6.95. The quantitative estimate of drug-likeness (QED) is 0.293. The van der Waals surface area contributed by atoms with Gasteiger partial charge in [0.2, 0.25) is 0 Å². The molecular weight excluding hydrogens is 336 g/mol. The Balaban J connectivity index is 2.30. The Hall–Kier alpha value is -1.21.